The Morgan fingerprint density at radius 1 is 1.19 bits per heavy atom. The minimum absolute atomic E-state index is 0.355. The van der Waals surface area contributed by atoms with Crippen molar-refractivity contribution in [2.24, 2.45) is 0 Å². The average molecular weight is 365 g/mol. The van der Waals surface area contributed by atoms with Crippen LogP contribution < -0.4 is 15.4 Å². The zero-order valence-electron chi connectivity index (χ0n) is 14.8. The monoisotopic (exact) mass is 365 g/mol. The maximum atomic E-state index is 13.1. The Bertz CT molecular complexity index is 942. The Balaban J connectivity index is 1.53. The van der Waals surface area contributed by atoms with Crippen molar-refractivity contribution in [1.82, 2.24) is 10.2 Å². The SMILES string of the molecule is COc1ccccc1NC(=O)CN1C(=O)NC2(CCc3ccccc32)C1=O. The fourth-order valence-electron chi connectivity index (χ4n) is 3.81. The third kappa shape index (κ3) is 2.71. The zero-order valence-corrected chi connectivity index (χ0v) is 14.8. The van der Waals surface area contributed by atoms with Crippen LogP contribution in [-0.4, -0.2) is 36.4 Å². The van der Waals surface area contributed by atoms with E-state index in [2.05, 4.69) is 10.6 Å². The number of hydrogen-bond acceptors (Lipinski definition) is 4. The largest absolute Gasteiger partial charge is 0.495 e. The number of methoxy groups -OCH3 is 1. The molecule has 4 rings (SSSR count). The molecule has 1 saturated heterocycles. The molecule has 2 aromatic rings. The summed E-state index contributed by atoms with van der Waals surface area (Å²) in [6.07, 6.45) is 1.21. The van der Waals surface area contributed by atoms with E-state index in [0.717, 1.165) is 16.0 Å². The summed E-state index contributed by atoms with van der Waals surface area (Å²) in [5, 5.41) is 5.50. The Morgan fingerprint density at radius 3 is 2.74 bits per heavy atom. The number of urea groups is 1. The van der Waals surface area contributed by atoms with Gasteiger partial charge in [0.2, 0.25) is 5.91 Å². The molecule has 1 unspecified atom stereocenters. The first-order valence-corrected chi connectivity index (χ1v) is 8.70. The van der Waals surface area contributed by atoms with Gasteiger partial charge in [0.1, 0.15) is 17.8 Å². The minimum atomic E-state index is -1.06. The van der Waals surface area contributed by atoms with Crippen LogP contribution in [0.4, 0.5) is 10.5 Å². The normalized spacial score (nSPS) is 20.6. The highest BCUT2D eigenvalue weighted by Crippen LogP contribution is 2.41. The van der Waals surface area contributed by atoms with E-state index in [0.29, 0.717) is 24.3 Å². The molecule has 138 valence electrons. The van der Waals surface area contributed by atoms with E-state index in [4.69, 9.17) is 4.74 Å². The number of carbonyl (C=O) groups excluding carboxylic acids is 3. The van der Waals surface area contributed by atoms with Gasteiger partial charge in [-0.25, -0.2) is 4.79 Å². The average Bonchev–Trinajstić information content (AvgIpc) is 3.16. The van der Waals surface area contributed by atoms with Crippen molar-refractivity contribution in [3.8, 4) is 5.75 Å². The first-order chi connectivity index (χ1) is 13.0. The Morgan fingerprint density at radius 2 is 1.93 bits per heavy atom. The van der Waals surface area contributed by atoms with Gasteiger partial charge in [-0.15, -0.1) is 0 Å². The predicted molar refractivity (Wildman–Crippen MR) is 98.3 cm³/mol. The topological polar surface area (TPSA) is 87.7 Å². The third-order valence-corrected chi connectivity index (χ3v) is 5.10. The number of rotatable bonds is 4. The van der Waals surface area contributed by atoms with Crippen molar-refractivity contribution in [2.45, 2.75) is 18.4 Å². The van der Waals surface area contributed by atoms with Crippen LogP contribution >= 0.6 is 0 Å². The second-order valence-electron chi connectivity index (χ2n) is 6.63. The van der Waals surface area contributed by atoms with E-state index in [1.807, 2.05) is 24.3 Å². The van der Waals surface area contributed by atoms with E-state index in [1.54, 1.807) is 24.3 Å². The van der Waals surface area contributed by atoms with Gasteiger partial charge in [-0.1, -0.05) is 36.4 Å². The molecule has 0 aromatic heterocycles. The summed E-state index contributed by atoms with van der Waals surface area (Å²) in [4.78, 5) is 38.9. The number of ether oxygens (including phenoxy) is 1. The Kier molecular flexibility index (Phi) is 4.07. The summed E-state index contributed by atoms with van der Waals surface area (Å²) in [5.74, 6) is -0.344. The van der Waals surface area contributed by atoms with Crippen LogP contribution in [0, 0.1) is 0 Å². The molecule has 1 aliphatic carbocycles. The van der Waals surface area contributed by atoms with E-state index in [1.165, 1.54) is 7.11 Å². The molecule has 1 fully saturated rings. The van der Waals surface area contributed by atoms with Gasteiger partial charge < -0.3 is 15.4 Å². The lowest BCUT2D eigenvalue weighted by Crippen LogP contribution is -2.43. The van der Waals surface area contributed by atoms with Gasteiger partial charge in [0.15, 0.2) is 0 Å². The van der Waals surface area contributed by atoms with E-state index < -0.39 is 17.5 Å². The summed E-state index contributed by atoms with van der Waals surface area (Å²) < 4.78 is 5.20. The number of imide groups is 1. The molecule has 7 nitrogen and oxygen atoms in total. The predicted octanol–water partition coefficient (Wildman–Crippen LogP) is 2.03. The van der Waals surface area contributed by atoms with Gasteiger partial charge in [0.25, 0.3) is 5.91 Å². The second-order valence-corrected chi connectivity index (χ2v) is 6.63. The highest BCUT2D eigenvalue weighted by atomic mass is 16.5. The van der Waals surface area contributed by atoms with E-state index in [-0.39, 0.29) is 12.5 Å². The quantitative estimate of drug-likeness (QED) is 0.812. The lowest BCUT2D eigenvalue weighted by atomic mass is 9.92. The number of benzene rings is 2. The number of carbonyl (C=O) groups is 3. The second kappa shape index (κ2) is 6.42. The lowest BCUT2D eigenvalue weighted by Gasteiger charge is -2.22. The van der Waals surface area contributed by atoms with E-state index >= 15 is 0 Å². The van der Waals surface area contributed by atoms with Crippen molar-refractivity contribution in [2.75, 3.05) is 19.0 Å². The maximum Gasteiger partial charge on any atom is 0.325 e. The molecule has 2 N–H and O–H groups in total. The van der Waals surface area contributed by atoms with Gasteiger partial charge in [0, 0.05) is 0 Å². The summed E-state index contributed by atoms with van der Waals surface area (Å²) >= 11 is 0. The molecule has 2 aliphatic rings. The summed E-state index contributed by atoms with van der Waals surface area (Å²) in [7, 11) is 1.50. The molecular formula is C20H19N3O4. The fourth-order valence-corrected chi connectivity index (χ4v) is 3.81. The van der Waals surface area contributed by atoms with Gasteiger partial charge in [-0.2, -0.15) is 0 Å². The highest BCUT2D eigenvalue weighted by Gasteiger charge is 2.55. The number of anilines is 1. The van der Waals surface area contributed by atoms with Crippen LogP contribution in [0.5, 0.6) is 5.75 Å². The van der Waals surface area contributed by atoms with Crippen molar-refractivity contribution >= 4 is 23.5 Å². The van der Waals surface area contributed by atoms with Crippen LogP contribution in [0.15, 0.2) is 48.5 Å². The Labute approximate surface area is 156 Å². The van der Waals surface area contributed by atoms with Crippen LogP contribution in [-0.2, 0) is 21.5 Å². The Hall–Kier alpha value is -3.35. The minimum Gasteiger partial charge on any atom is -0.495 e. The van der Waals surface area contributed by atoms with Gasteiger partial charge >= 0.3 is 6.03 Å². The molecular weight excluding hydrogens is 346 g/mol. The van der Waals surface area contributed by atoms with Crippen molar-refractivity contribution in [3.63, 3.8) is 0 Å². The van der Waals surface area contributed by atoms with Gasteiger partial charge in [-0.05, 0) is 36.1 Å². The molecule has 1 spiro atoms. The van der Waals surface area contributed by atoms with Gasteiger partial charge in [0.05, 0.1) is 12.8 Å². The number of aryl methyl sites for hydroxylation is 1. The van der Waals surface area contributed by atoms with Gasteiger partial charge in [-0.3, -0.25) is 14.5 Å². The molecule has 0 radical (unpaired) electrons. The molecule has 27 heavy (non-hydrogen) atoms. The summed E-state index contributed by atoms with van der Waals surface area (Å²) in [6.45, 7) is -0.355. The fraction of sp³-hybridized carbons (Fsp3) is 0.250. The zero-order chi connectivity index (χ0) is 19.0. The molecule has 1 aliphatic heterocycles. The van der Waals surface area contributed by atoms with E-state index in [9.17, 15) is 14.4 Å². The van der Waals surface area contributed by atoms with Crippen molar-refractivity contribution in [1.29, 1.82) is 0 Å². The molecule has 0 saturated carbocycles. The highest BCUT2D eigenvalue weighted by molar-refractivity contribution is 6.11. The molecule has 7 heteroatoms. The summed E-state index contributed by atoms with van der Waals surface area (Å²) in [6, 6.07) is 14.0. The van der Waals surface area contributed by atoms with Crippen molar-refractivity contribution < 1.29 is 19.1 Å². The smallest absolute Gasteiger partial charge is 0.325 e. The molecule has 1 heterocycles. The molecule has 0 bridgehead atoms. The van der Waals surface area contributed by atoms with Crippen LogP contribution in [0.3, 0.4) is 0 Å². The first-order valence-electron chi connectivity index (χ1n) is 8.70. The standard InChI is InChI=1S/C20H19N3O4/c1-27-16-9-5-4-8-15(16)21-17(24)12-23-18(25)20(22-19(23)26)11-10-13-6-2-3-7-14(13)20/h2-9H,10-12H2,1H3,(H,21,24)(H,22,26). The maximum absolute atomic E-state index is 13.1. The first kappa shape index (κ1) is 17.1. The van der Waals surface area contributed by atoms with Crippen LogP contribution in [0.2, 0.25) is 0 Å². The molecule has 1 atom stereocenters. The molecule has 2 aromatic carbocycles. The number of fused-ring (bicyclic) bond motifs is 2. The van der Waals surface area contributed by atoms with Crippen molar-refractivity contribution in [3.05, 3.63) is 59.7 Å². The number of hydrogen-bond donors (Lipinski definition) is 2. The van der Waals surface area contributed by atoms with Crippen LogP contribution in [0.25, 0.3) is 0 Å². The molecule has 4 amide bonds. The number of para-hydroxylation sites is 2. The third-order valence-electron chi connectivity index (χ3n) is 5.10. The number of nitrogens with zero attached hydrogens (tertiary/aromatic N) is 1. The number of amides is 4. The summed E-state index contributed by atoms with van der Waals surface area (Å²) in [5.41, 5.74) is 1.29. The lowest BCUT2D eigenvalue weighted by molar-refractivity contribution is -0.134. The van der Waals surface area contributed by atoms with Crippen LogP contribution in [0.1, 0.15) is 17.5 Å². The number of nitrogens with one attached hydrogen (secondary N) is 2.